The Balaban J connectivity index is 1.31. The minimum absolute atomic E-state index is 0.0898. The molecule has 11 nitrogen and oxygen atoms in total. The fourth-order valence-corrected chi connectivity index (χ4v) is 6.47. The summed E-state index contributed by atoms with van der Waals surface area (Å²) in [5.74, 6) is -0.0703. The van der Waals surface area contributed by atoms with Crippen LogP contribution in [0.3, 0.4) is 0 Å². The Kier molecular flexibility index (Phi) is 9.42. The minimum Gasteiger partial charge on any atom is -0.481 e. The molecule has 0 aliphatic carbocycles. The smallest absolute Gasteiger partial charge is 0.269 e. The molecule has 2 atom stereocenters. The molecule has 1 fully saturated rings. The van der Waals surface area contributed by atoms with Gasteiger partial charge in [-0.05, 0) is 31.5 Å². The number of pyridine rings is 1. The lowest BCUT2D eigenvalue weighted by molar-refractivity contribution is -0.119. The van der Waals surface area contributed by atoms with E-state index < -0.39 is 5.91 Å². The van der Waals surface area contributed by atoms with Gasteiger partial charge in [0.25, 0.3) is 5.91 Å². The van der Waals surface area contributed by atoms with Gasteiger partial charge in [-0.3, -0.25) is 9.59 Å². The van der Waals surface area contributed by atoms with Crippen molar-refractivity contribution >= 4 is 40.7 Å². The number of nitrogens with two attached hydrogens (primary N) is 2. The second kappa shape index (κ2) is 13.7. The van der Waals surface area contributed by atoms with Crippen molar-refractivity contribution in [3.8, 4) is 39.5 Å². The molecule has 1 aliphatic heterocycles. The van der Waals surface area contributed by atoms with Crippen LogP contribution in [-0.2, 0) is 17.8 Å². The Morgan fingerprint density at radius 1 is 1.02 bits per heavy atom. The van der Waals surface area contributed by atoms with Gasteiger partial charge in [0.05, 0.1) is 34.2 Å². The first-order valence-electron chi connectivity index (χ1n) is 15.2. The number of hydrogen-bond acceptors (Lipinski definition) is 8. The Morgan fingerprint density at radius 3 is 2.30 bits per heavy atom. The standard InChI is InChI=1S/C34H34Cl2N8O3/c1-18(37)15-27-32(33(38)46)42-28-13-12-26(43-44(27)28)24-8-4-6-22(31(24)36)21-5-3-7-23(30(21)35)25-11-9-19(34(41-25)47-2)16-39-17-20-10-14-29(45)40-20/h3-9,11-13,18,20,39H,10,14-17,37H2,1-2H3,(H2,38,46)(H,40,45)/t18-,20+/m1/s1. The maximum Gasteiger partial charge on any atom is 0.269 e. The zero-order valence-corrected chi connectivity index (χ0v) is 27.4. The van der Waals surface area contributed by atoms with E-state index in [4.69, 9.17) is 49.5 Å². The van der Waals surface area contributed by atoms with Crippen LogP contribution in [-0.4, -0.2) is 57.1 Å². The van der Waals surface area contributed by atoms with E-state index in [0.717, 1.165) is 23.1 Å². The van der Waals surface area contributed by atoms with Crippen LogP contribution in [0, 0.1) is 0 Å². The van der Waals surface area contributed by atoms with Gasteiger partial charge in [-0.15, -0.1) is 0 Å². The number of methoxy groups -OCH3 is 1. The predicted octanol–water partition coefficient (Wildman–Crippen LogP) is 4.80. The van der Waals surface area contributed by atoms with Crippen LogP contribution in [0.15, 0.2) is 60.7 Å². The Hall–Kier alpha value is -4.55. The number of amides is 2. The van der Waals surface area contributed by atoms with Gasteiger partial charge < -0.3 is 26.8 Å². The molecule has 0 unspecified atom stereocenters. The largest absolute Gasteiger partial charge is 0.481 e. The molecule has 0 saturated carbocycles. The minimum atomic E-state index is -0.642. The summed E-state index contributed by atoms with van der Waals surface area (Å²) in [7, 11) is 1.58. The number of ether oxygens (including phenoxy) is 1. The van der Waals surface area contributed by atoms with Gasteiger partial charge in [0.1, 0.15) is 0 Å². The van der Waals surface area contributed by atoms with Gasteiger partial charge in [0.2, 0.25) is 11.8 Å². The average molecular weight is 674 g/mol. The predicted molar refractivity (Wildman–Crippen MR) is 182 cm³/mol. The third kappa shape index (κ3) is 6.66. The van der Waals surface area contributed by atoms with Crippen molar-refractivity contribution in [2.75, 3.05) is 13.7 Å². The maximum atomic E-state index is 12.1. The van der Waals surface area contributed by atoms with Crippen molar-refractivity contribution in [2.45, 2.75) is 44.8 Å². The number of carbonyl (C=O) groups is 2. The molecule has 0 radical (unpaired) electrons. The molecule has 13 heteroatoms. The number of hydrogen-bond donors (Lipinski definition) is 4. The van der Waals surface area contributed by atoms with Crippen molar-refractivity contribution < 1.29 is 14.3 Å². The lowest BCUT2D eigenvalue weighted by Gasteiger charge is -2.15. The number of nitrogens with one attached hydrogen (secondary N) is 2. The van der Waals surface area contributed by atoms with Gasteiger partial charge in [0.15, 0.2) is 11.3 Å². The molecule has 3 aromatic heterocycles. The topological polar surface area (TPSA) is 163 Å². The van der Waals surface area contributed by atoms with Crippen LogP contribution in [0.25, 0.3) is 39.3 Å². The molecule has 1 aliphatic rings. The van der Waals surface area contributed by atoms with E-state index in [2.05, 4.69) is 15.6 Å². The molecule has 1 saturated heterocycles. The Morgan fingerprint density at radius 2 is 1.68 bits per heavy atom. The molecule has 47 heavy (non-hydrogen) atoms. The fraction of sp³-hybridized carbons (Fsp3) is 0.265. The van der Waals surface area contributed by atoms with Crippen LogP contribution in [0.1, 0.15) is 41.5 Å². The van der Waals surface area contributed by atoms with E-state index in [9.17, 15) is 9.59 Å². The number of benzene rings is 2. The van der Waals surface area contributed by atoms with Gasteiger partial charge in [-0.1, -0.05) is 65.7 Å². The molecule has 2 amide bonds. The lowest BCUT2D eigenvalue weighted by atomic mass is 9.98. The molecule has 0 spiro atoms. The molecule has 242 valence electrons. The van der Waals surface area contributed by atoms with Crippen LogP contribution in [0.4, 0.5) is 0 Å². The highest BCUT2D eigenvalue weighted by atomic mass is 35.5. The van der Waals surface area contributed by atoms with E-state index in [-0.39, 0.29) is 23.7 Å². The van der Waals surface area contributed by atoms with Crippen LogP contribution in [0.2, 0.25) is 10.0 Å². The van der Waals surface area contributed by atoms with E-state index in [1.807, 2.05) is 55.5 Å². The van der Waals surface area contributed by atoms with Crippen molar-refractivity contribution in [1.29, 1.82) is 0 Å². The molecule has 2 aromatic carbocycles. The highest BCUT2D eigenvalue weighted by molar-refractivity contribution is 6.39. The summed E-state index contributed by atoms with van der Waals surface area (Å²) < 4.78 is 7.23. The number of halogens is 2. The maximum absolute atomic E-state index is 12.1. The number of imidazole rings is 1. The summed E-state index contributed by atoms with van der Waals surface area (Å²) in [5.41, 5.74) is 17.7. The first kappa shape index (κ1) is 32.4. The van der Waals surface area contributed by atoms with Crippen molar-refractivity contribution in [2.24, 2.45) is 11.5 Å². The summed E-state index contributed by atoms with van der Waals surface area (Å²) >= 11 is 14.1. The molecule has 5 aromatic rings. The second-order valence-electron chi connectivity index (χ2n) is 11.6. The first-order chi connectivity index (χ1) is 22.6. The number of aromatic nitrogens is 4. The number of carbonyl (C=O) groups excluding carboxylic acids is 2. The Bertz CT molecular complexity index is 1990. The SMILES string of the molecule is COc1nc(-c2cccc(-c3cccc(-c4ccc5nc(C(N)=O)c(C[C@@H](C)N)n5n4)c3Cl)c2Cl)ccc1CNC[C@@H]1CCC(=O)N1. The van der Waals surface area contributed by atoms with Gasteiger partial charge in [-0.25, -0.2) is 14.5 Å². The average Bonchev–Trinajstić information content (AvgIpc) is 3.64. The van der Waals surface area contributed by atoms with Gasteiger partial charge >= 0.3 is 0 Å². The van der Waals surface area contributed by atoms with E-state index in [1.165, 1.54) is 0 Å². The first-order valence-corrected chi connectivity index (χ1v) is 16.0. The highest BCUT2D eigenvalue weighted by Gasteiger charge is 2.22. The van der Waals surface area contributed by atoms with Crippen molar-refractivity contribution in [1.82, 2.24) is 30.2 Å². The molecular formula is C34H34Cl2N8O3. The number of primary amides is 1. The summed E-state index contributed by atoms with van der Waals surface area (Å²) in [4.78, 5) is 32.8. The van der Waals surface area contributed by atoms with E-state index in [0.29, 0.717) is 75.7 Å². The molecule has 0 bridgehead atoms. The molecular weight excluding hydrogens is 639 g/mol. The number of rotatable bonds is 11. The van der Waals surface area contributed by atoms with Gasteiger partial charge in [-0.2, -0.15) is 5.10 Å². The zero-order valence-electron chi connectivity index (χ0n) is 25.9. The third-order valence-electron chi connectivity index (χ3n) is 8.08. The summed E-state index contributed by atoms with van der Waals surface area (Å²) in [6.45, 7) is 3.04. The second-order valence-corrected chi connectivity index (χ2v) is 12.3. The van der Waals surface area contributed by atoms with Crippen molar-refractivity contribution in [3.05, 3.63) is 87.7 Å². The van der Waals surface area contributed by atoms with Crippen LogP contribution in [0.5, 0.6) is 5.88 Å². The molecule has 4 heterocycles. The normalized spacial score (nSPS) is 15.2. The zero-order chi connectivity index (χ0) is 33.2. The molecule has 6 N–H and O–H groups in total. The van der Waals surface area contributed by atoms with Gasteiger partial charge in [0, 0.05) is 65.8 Å². The monoisotopic (exact) mass is 672 g/mol. The number of fused-ring (bicyclic) bond motifs is 1. The highest BCUT2D eigenvalue weighted by Crippen LogP contribution is 2.42. The van der Waals surface area contributed by atoms with E-state index >= 15 is 0 Å². The van der Waals surface area contributed by atoms with Crippen LogP contribution >= 0.6 is 23.2 Å². The van der Waals surface area contributed by atoms with Crippen molar-refractivity contribution in [3.63, 3.8) is 0 Å². The number of nitrogens with zero attached hydrogens (tertiary/aromatic N) is 4. The summed E-state index contributed by atoms with van der Waals surface area (Å²) in [6.07, 6.45) is 1.75. The Labute approximate surface area is 281 Å². The molecule has 6 rings (SSSR count). The lowest BCUT2D eigenvalue weighted by Crippen LogP contribution is -2.35. The summed E-state index contributed by atoms with van der Waals surface area (Å²) in [6, 6.07) is 18.7. The quantitative estimate of drug-likeness (QED) is 0.156. The fourth-order valence-electron chi connectivity index (χ4n) is 5.83. The van der Waals surface area contributed by atoms with E-state index in [1.54, 1.807) is 23.8 Å². The third-order valence-corrected chi connectivity index (χ3v) is 8.90. The van der Waals surface area contributed by atoms with Crippen LogP contribution < -0.4 is 26.8 Å². The summed E-state index contributed by atoms with van der Waals surface area (Å²) in [5, 5.41) is 12.1.